The van der Waals surface area contributed by atoms with Crippen LogP contribution in [0, 0.1) is 6.92 Å². The van der Waals surface area contributed by atoms with Crippen LogP contribution in [0.1, 0.15) is 30.7 Å². The molecule has 6 rings (SSSR count). The Morgan fingerprint density at radius 3 is 2.85 bits per heavy atom. The van der Waals surface area contributed by atoms with Crippen molar-refractivity contribution in [2.45, 2.75) is 44.8 Å². The SMILES string of the molecule is Cc1ncc2c(CCN3CC[C@@H](OC4CCN(c5nc6ccccn6n5)CC4)C3)c[nH]c2n1. The van der Waals surface area contributed by atoms with E-state index in [-0.39, 0.29) is 0 Å². The van der Waals surface area contributed by atoms with Gasteiger partial charge in [-0.1, -0.05) is 6.07 Å². The number of H-pyrrole nitrogens is 1. The second-order valence-corrected chi connectivity index (χ2v) is 9.19. The van der Waals surface area contributed by atoms with Gasteiger partial charge in [0.15, 0.2) is 5.65 Å². The molecular formula is C24H30N8O. The minimum Gasteiger partial charge on any atom is -0.373 e. The first kappa shape index (κ1) is 20.6. The summed E-state index contributed by atoms with van der Waals surface area (Å²) in [7, 11) is 0. The minimum absolute atomic E-state index is 0.331. The third kappa shape index (κ3) is 4.30. The van der Waals surface area contributed by atoms with E-state index in [0.717, 1.165) is 86.9 Å². The predicted molar refractivity (Wildman–Crippen MR) is 126 cm³/mol. The number of nitrogens with zero attached hydrogens (tertiary/aromatic N) is 7. The number of rotatable bonds is 6. The molecule has 9 nitrogen and oxygen atoms in total. The smallest absolute Gasteiger partial charge is 0.245 e. The average molecular weight is 447 g/mol. The van der Waals surface area contributed by atoms with Crippen molar-refractivity contribution in [1.82, 2.24) is 34.4 Å². The van der Waals surface area contributed by atoms with Gasteiger partial charge in [0.2, 0.25) is 5.95 Å². The highest BCUT2D eigenvalue weighted by atomic mass is 16.5. The van der Waals surface area contributed by atoms with Gasteiger partial charge in [0.05, 0.1) is 12.2 Å². The lowest BCUT2D eigenvalue weighted by atomic mass is 10.1. The van der Waals surface area contributed by atoms with Gasteiger partial charge in [-0.15, -0.1) is 5.10 Å². The number of hydrogen-bond acceptors (Lipinski definition) is 7. The number of piperidine rings is 1. The zero-order chi connectivity index (χ0) is 22.2. The normalized spacial score (nSPS) is 20.4. The van der Waals surface area contributed by atoms with E-state index in [2.05, 4.69) is 41.0 Å². The third-order valence-corrected chi connectivity index (χ3v) is 6.90. The van der Waals surface area contributed by atoms with E-state index in [1.807, 2.05) is 42.0 Å². The number of likely N-dealkylation sites (tertiary alicyclic amines) is 1. The fraction of sp³-hybridized carbons (Fsp3) is 0.500. The molecule has 2 aliphatic rings. The Morgan fingerprint density at radius 1 is 1.09 bits per heavy atom. The van der Waals surface area contributed by atoms with Gasteiger partial charge >= 0.3 is 0 Å². The van der Waals surface area contributed by atoms with Gasteiger partial charge < -0.3 is 19.5 Å². The standard InChI is InChI=1S/C24H30N8O/c1-17-25-15-21-18(14-26-23(21)27-17)5-10-30-11-6-20(16-30)33-19-7-12-31(13-8-19)24-28-22-4-2-3-9-32(22)29-24/h2-4,9,14-15,19-20H,5-8,10-13,16H2,1H3,(H,25,26,27)/t20-/m1/s1. The maximum absolute atomic E-state index is 6.51. The molecule has 2 aliphatic heterocycles. The average Bonchev–Trinajstić information content (AvgIpc) is 3.56. The van der Waals surface area contributed by atoms with Crippen LogP contribution in [-0.2, 0) is 11.2 Å². The van der Waals surface area contributed by atoms with Crippen LogP contribution in [0.5, 0.6) is 0 Å². The third-order valence-electron chi connectivity index (χ3n) is 6.90. The summed E-state index contributed by atoms with van der Waals surface area (Å²) in [5, 5.41) is 5.75. The van der Waals surface area contributed by atoms with Crippen LogP contribution in [0.3, 0.4) is 0 Å². The van der Waals surface area contributed by atoms with Crippen LogP contribution < -0.4 is 4.90 Å². The quantitative estimate of drug-likeness (QED) is 0.487. The number of aromatic nitrogens is 6. The first-order valence-corrected chi connectivity index (χ1v) is 11.9. The van der Waals surface area contributed by atoms with Crippen LogP contribution in [0.2, 0.25) is 0 Å². The van der Waals surface area contributed by atoms with Gasteiger partial charge in [-0.25, -0.2) is 14.5 Å². The van der Waals surface area contributed by atoms with Crippen molar-refractivity contribution in [3.8, 4) is 0 Å². The number of hydrogen-bond donors (Lipinski definition) is 1. The Morgan fingerprint density at radius 2 is 1.97 bits per heavy atom. The monoisotopic (exact) mass is 446 g/mol. The first-order chi connectivity index (χ1) is 16.2. The maximum atomic E-state index is 6.51. The van der Waals surface area contributed by atoms with Gasteiger partial charge in [-0.05, 0) is 50.3 Å². The number of aryl methyl sites for hydroxylation is 1. The van der Waals surface area contributed by atoms with Crippen molar-refractivity contribution in [2.24, 2.45) is 0 Å². The Bertz CT molecular complexity index is 1210. The Balaban J connectivity index is 0.975. The summed E-state index contributed by atoms with van der Waals surface area (Å²) in [6, 6.07) is 5.96. The lowest BCUT2D eigenvalue weighted by Crippen LogP contribution is -2.39. The molecule has 172 valence electrons. The summed E-state index contributed by atoms with van der Waals surface area (Å²) >= 11 is 0. The van der Waals surface area contributed by atoms with Gasteiger partial charge in [-0.2, -0.15) is 4.98 Å². The number of fused-ring (bicyclic) bond motifs is 2. The van der Waals surface area contributed by atoms with Crippen molar-refractivity contribution in [1.29, 1.82) is 0 Å². The van der Waals surface area contributed by atoms with E-state index in [1.165, 1.54) is 5.56 Å². The Kier molecular flexibility index (Phi) is 5.43. The van der Waals surface area contributed by atoms with Gasteiger partial charge in [0, 0.05) is 56.7 Å². The fourth-order valence-electron chi connectivity index (χ4n) is 5.06. The number of aromatic amines is 1. The second kappa shape index (κ2) is 8.72. The lowest BCUT2D eigenvalue weighted by molar-refractivity contribution is -0.0178. The van der Waals surface area contributed by atoms with E-state index in [9.17, 15) is 0 Å². The molecule has 2 saturated heterocycles. The minimum atomic E-state index is 0.331. The summed E-state index contributed by atoms with van der Waals surface area (Å²) in [6.45, 7) is 6.97. The fourth-order valence-corrected chi connectivity index (χ4v) is 5.06. The molecule has 9 heteroatoms. The van der Waals surface area contributed by atoms with Gasteiger partial charge in [0.25, 0.3) is 0 Å². The van der Waals surface area contributed by atoms with Gasteiger partial charge in [0.1, 0.15) is 11.5 Å². The van der Waals surface area contributed by atoms with Crippen molar-refractivity contribution < 1.29 is 4.74 Å². The molecule has 0 spiro atoms. The van der Waals surface area contributed by atoms with E-state index in [0.29, 0.717) is 12.2 Å². The lowest BCUT2D eigenvalue weighted by Gasteiger charge is -2.32. The highest BCUT2D eigenvalue weighted by Gasteiger charge is 2.29. The number of anilines is 1. The van der Waals surface area contributed by atoms with Crippen LogP contribution in [0.25, 0.3) is 16.7 Å². The summed E-state index contributed by atoms with van der Waals surface area (Å²) in [6.07, 6.45) is 10.8. The number of pyridine rings is 1. The highest BCUT2D eigenvalue weighted by Crippen LogP contribution is 2.24. The molecule has 1 atom stereocenters. The van der Waals surface area contributed by atoms with Crippen LogP contribution in [0.4, 0.5) is 5.95 Å². The van der Waals surface area contributed by atoms with E-state index >= 15 is 0 Å². The number of nitrogens with one attached hydrogen (secondary N) is 1. The molecule has 0 saturated carbocycles. The van der Waals surface area contributed by atoms with E-state index in [1.54, 1.807) is 0 Å². The largest absolute Gasteiger partial charge is 0.373 e. The van der Waals surface area contributed by atoms with Crippen molar-refractivity contribution in [3.63, 3.8) is 0 Å². The zero-order valence-electron chi connectivity index (χ0n) is 19.0. The highest BCUT2D eigenvalue weighted by molar-refractivity contribution is 5.78. The Labute approximate surface area is 192 Å². The zero-order valence-corrected chi connectivity index (χ0v) is 19.0. The summed E-state index contributed by atoms with van der Waals surface area (Å²) < 4.78 is 8.35. The topological polar surface area (TPSA) is 87.5 Å². The molecule has 0 unspecified atom stereocenters. The van der Waals surface area contributed by atoms with E-state index in [4.69, 9.17) is 4.74 Å². The number of ether oxygens (including phenoxy) is 1. The van der Waals surface area contributed by atoms with E-state index < -0.39 is 0 Å². The summed E-state index contributed by atoms with van der Waals surface area (Å²) in [5.41, 5.74) is 3.12. The molecule has 4 aromatic heterocycles. The van der Waals surface area contributed by atoms with Crippen LogP contribution in [0.15, 0.2) is 36.8 Å². The molecular weight excluding hydrogens is 416 g/mol. The molecule has 0 amide bonds. The van der Waals surface area contributed by atoms with Gasteiger partial charge in [-0.3, -0.25) is 0 Å². The summed E-state index contributed by atoms with van der Waals surface area (Å²) in [4.78, 5) is 21.6. The van der Waals surface area contributed by atoms with Crippen molar-refractivity contribution in [3.05, 3.63) is 48.2 Å². The van der Waals surface area contributed by atoms with Crippen molar-refractivity contribution in [2.75, 3.05) is 37.6 Å². The second-order valence-electron chi connectivity index (χ2n) is 9.19. The first-order valence-electron chi connectivity index (χ1n) is 11.9. The molecule has 0 aromatic carbocycles. The predicted octanol–water partition coefficient (Wildman–Crippen LogP) is 2.61. The molecule has 4 aromatic rings. The Hall–Kier alpha value is -3.04. The molecule has 6 heterocycles. The molecule has 0 radical (unpaired) electrons. The van der Waals surface area contributed by atoms with Crippen LogP contribution in [-0.4, -0.2) is 79.4 Å². The molecule has 0 aliphatic carbocycles. The molecule has 0 bridgehead atoms. The molecule has 33 heavy (non-hydrogen) atoms. The molecule has 1 N–H and O–H groups in total. The maximum Gasteiger partial charge on any atom is 0.245 e. The van der Waals surface area contributed by atoms with Crippen LogP contribution >= 0.6 is 0 Å². The molecule has 2 fully saturated rings. The van der Waals surface area contributed by atoms with Crippen molar-refractivity contribution >= 4 is 22.6 Å². The summed E-state index contributed by atoms with van der Waals surface area (Å²) in [5.74, 6) is 1.63.